The molecule has 1 unspecified atom stereocenters. The lowest BCUT2D eigenvalue weighted by Crippen LogP contribution is -2.40. The largest absolute Gasteiger partial charge is 0.481 e. The Labute approximate surface area is 544 Å². The molecule has 4 atom stereocenters. The van der Waals surface area contributed by atoms with Crippen molar-refractivity contribution in [2.75, 3.05) is 32.1 Å². The van der Waals surface area contributed by atoms with Gasteiger partial charge in [-0.25, -0.2) is 44.5 Å². The number of amides is 5. The number of fused-ring (bicyclic) bond motifs is 14. The molecule has 10 bridgehead atoms. The highest BCUT2D eigenvalue weighted by Gasteiger charge is 2.35. The quantitative estimate of drug-likeness (QED) is 0.0498. The van der Waals surface area contributed by atoms with Crippen molar-refractivity contribution in [1.29, 1.82) is 0 Å². The van der Waals surface area contributed by atoms with Crippen molar-refractivity contribution in [2.24, 2.45) is 11.8 Å². The van der Waals surface area contributed by atoms with Crippen molar-refractivity contribution in [1.82, 2.24) is 56.2 Å². The Morgan fingerprint density at radius 2 is 1.45 bits per heavy atom. The number of benzene rings is 1. The van der Waals surface area contributed by atoms with Gasteiger partial charge in [0.2, 0.25) is 11.8 Å². The number of hydrogen-bond acceptors (Lipinski definition) is 24. The first kappa shape index (κ1) is 65.5. The third kappa shape index (κ3) is 15.5. The first-order chi connectivity index (χ1) is 43.7. The van der Waals surface area contributed by atoms with Crippen molar-refractivity contribution >= 4 is 121 Å². The number of rotatable bonds is 14. The number of carboxylic acids is 2. The number of thiazole rings is 6. The Kier molecular flexibility index (Phi) is 21.1. The van der Waals surface area contributed by atoms with E-state index in [1.54, 1.807) is 70.9 Å². The molecule has 474 valence electrons. The Balaban J connectivity index is 1.04. The van der Waals surface area contributed by atoms with E-state index in [4.69, 9.17) is 44.4 Å². The van der Waals surface area contributed by atoms with E-state index >= 15 is 0 Å². The van der Waals surface area contributed by atoms with Crippen LogP contribution in [0.15, 0.2) is 76.1 Å². The number of aliphatic hydroxyl groups excluding tert-OH is 1. The molecule has 8 aromatic rings. The number of carbonyl (C=O) groups excluding carboxylic acids is 6. The standard InChI is InChI=1S/C60H60N12O13S6/c1-28(2)34-20-40(73)46-29(3)90-57(70-46)36(21-43(74)61-4)64-51(79)38-25-86-53(66-38)33-17-18-35(55-68-42(27-89-55)72(19-9-12-45(76)77)60(83)85-32-15-13-31(14-16-32)59(81)82)63-47(33)37-24-87-56(65-37)39-26-88-58(67-39)49(50(78)30-10-7-6-8-11-30)69-44(75)22-62-52(80)48-41(23-84-5)91-54(34)71-48/h6-12,17-18,24-28,31-32,34,36,49-50,78H,13-16,19-23H2,1-5H3,(H,61,74)(H,62,80)(H,64,79)(H,69,75)(H,76,77)(H,81,82)/b12-9+/t31?,32?,34?,36-,49-,50-/m0/s1. The number of ether oxygens (including phenoxy) is 2. The summed E-state index contributed by atoms with van der Waals surface area (Å²) in [5, 5.41) is 50.8. The van der Waals surface area contributed by atoms with Crippen LogP contribution in [-0.4, -0.2) is 131 Å². The van der Waals surface area contributed by atoms with E-state index < -0.39 is 84.3 Å². The van der Waals surface area contributed by atoms with Gasteiger partial charge in [-0.3, -0.25) is 33.7 Å². The molecule has 10 rings (SSSR count). The normalized spacial score (nSPS) is 18.6. The molecule has 0 radical (unpaired) electrons. The number of ketones is 1. The smallest absolute Gasteiger partial charge is 0.416 e. The molecule has 1 aromatic carbocycles. The first-order valence-electron chi connectivity index (χ1n) is 28.5. The molecule has 7 aromatic heterocycles. The number of carboxylic acid groups (broad SMARTS) is 2. The maximum absolute atomic E-state index is 14.4. The topological polar surface area (TPSA) is 357 Å². The minimum absolute atomic E-state index is 0.00805. The minimum Gasteiger partial charge on any atom is -0.481 e. The third-order valence-electron chi connectivity index (χ3n) is 14.9. The predicted octanol–water partition coefficient (Wildman–Crippen LogP) is 9.42. The molecule has 2 aliphatic rings. The van der Waals surface area contributed by atoms with Crippen LogP contribution in [0.3, 0.4) is 0 Å². The third-order valence-corrected chi connectivity index (χ3v) is 20.7. The zero-order valence-corrected chi connectivity index (χ0v) is 54.3. The molecule has 1 fully saturated rings. The van der Waals surface area contributed by atoms with E-state index in [1.807, 2.05) is 13.8 Å². The molecule has 8 heterocycles. The van der Waals surface area contributed by atoms with Gasteiger partial charge in [-0.1, -0.05) is 50.3 Å². The van der Waals surface area contributed by atoms with Gasteiger partial charge in [-0.2, -0.15) is 0 Å². The highest BCUT2D eigenvalue weighted by atomic mass is 32.1. The lowest BCUT2D eigenvalue weighted by atomic mass is 9.87. The zero-order chi connectivity index (χ0) is 64.6. The molecule has 1 aliphatic heterocycles. The monoisotopic (exact) mass is 1350 g/mol. The number of methoxy groups -OCH3 is 1. The number of Topliss-reactive ketones (excluding diaryl/α,β-unsaturated/α-hetero) is 1. The second-order valence-electron chi connectivity index (χ2n) is 21.5. The van der Waals surface area contributed by atoms with Crippen molar-refractivity contribution in [2.45, 2.75) is 96.1 Å². The van der Waals surface area contributed by atoms with Gasteiger partial charge in [-0.05, 0) is 56.2 Å². The van der Waals surface area contributed by atoms with E-state index in [1.165, 1.54) is 47.8 Å². The molecule has 1 saturated carbocycles. The van der Waals surface area contributed by atoms with Crippen LogP contribution in [0.2, 0.25) is 0 Å². The van der Waals surface area contributed by atoms with Crippen LogP contribution in [0, 0.1) is 18.8 Å². The molecule has 25 nitrogen and oxygen atoms in total. The van der Waals surface area contributed by atoms with Crippen molar-refractivity contribution in [3.63, 3.8) is 0 Å². The van der Waals surface area contributed by atoms with Gasteiger partial charge in [0.05, 0.1) is 47.1 Å². The molecular formula is C60H60N12O13S6. The van der Waals surface area contributed by atoms with Gasteiger partial charge in [-0.15, -0.1) is 68.0 Å². The Morgan fingerprint density at radius 1 is 0.747 bits per heavy atom. The Morgan fingerprint density at radius 3 is 2.18 bits per heavy atom. The average Bonchev–Trinajstić information content (AvgIpc) is 1.75. The summed E-state index contributed by atoms with van der Waals surface area (Å²) in [6.45, 7) is 4.85. The van der Waals surface area contributed by atoms with Crippen molar-refractivity contribution in [3.05, 3.63) is 124 Å². The van der Waals surface area contributed by atoms with Crippen LogP contribution in [0.5, 0.6) is 0 Å². The van der Waals surface area contributed by atoms with E-state index in [0.717, 1.165) is 51.4 Å². The van der Waals surface area contributed by atoms with Crippen LogP contribution in [0.1, 0.15) is 138 Å². The number of hydrogen-bond donors (Lipinski definition) is 7. The maximum Gasteiger partial charge on any atom is 0.416 e. The van der Waals surface area contributed by atoms with Crippen molar-refractivity contribution < 1.29 is 63.1 Å². The number of nitrogens with one attached hydrogen (secondary N) is 4. The molecule has 0 saturated heterocycles. The number of anilines is 1. The summed E-state index contributed by atoms with van der Waals surface area (Å²) < 4.78 is 11.3. The van der Waals surface area contributed by atoms with E-state index in [2.05, 4.69) is 21.3 Å². The fourth-order valence-corrected chi connectivity index (χ4v) is 15.7. The summed E-state index contributed by atoms with van der Waals surface area (Å²) in [6.07, 6.45) is 0.482. The van der Waals surface area contributed by atoms with E-state index in [0.29, 0.717) is 93.7 Å². The second kappa shape index (κ2) is 29.2. The van der Waals surface area contributed by atoms with Crippen LogP contribution >= 0.6 is 68.0 Å². The van der Waals surface area contributed by atoms with Crippen LogP contribution < -0.4 is 26.2 Å². The van der Waals surface area contributed by atoms with Crippen LogP contribution in [0.4, 0.5) is 10.6 Å². The summed E-state index contributed by atoms with van der Waals surface area (Å²) in [4.78, 5) is 143. The maximum atomic E-state index is 14.4. The molecule has 7 N–H and O–H groups in total. The van der Waals surface area contributed by atoms with Crippen molar-refractivity contribution in [3.8, 4) is 43.4 Å². The molecule has 5 amide bonds. The Bertz CT molecular complexity index is 4050. The fourth-order valence-electron chi connectivity index (χ4n) is 10.1. The molecular weight excluding hydrogens is 1290 g/mol. The highest BCUT2D eigenvalue weighted by molar-refractivity contribution is 7.15. The lowest BCUT2D eigenvalue weighted by Gasteiger charge is -2.28. The number of nitrogens with zero attached hydrogens (tertiary/aromatic N) is 8. The second-order valence-corrected chi connectivity index (χ2v) is 27.3. The van der Waals surface area contributed by atoms with Crippen LogP contribution in [-0.2, 0) is 35.3 Å². The summed E-state index contributed by atoms with van der Waals surface area (Å²) in [6, 6.07) is 10.00. The van der Waals surface area contributed by atoms with Gasteiger partial charge < -0.3 is 46.1 Å². The first-order valence-corrected chi connectivity index (χ1v) is 33.7. The molecule has 1 aliphatic carbocycles. The minimum atomic E-state index is -1.31. The van der Waals surface area contributed by atoms with Gasteiger partial charge in [0, 0.05) is 71.1 Å². The predicted molar refractivity (Wildman–Crippen MR) is 342 cm³/mol. The van der Waals surface area contributed by atoms with Crippen LogP contribution in [0.25, 0.3) is 43.4 Å². The number of carbonyl (C=O) groups is 8. The summed E-state index contributed by atoms with van der Waals surface area (Å²) in [5.41, 5.74) is 2.42. The number of aliphatic hydroxyl groups is 1. The molecule has 91 heavy (non-hydrogen) atoms. The van der Waals surface area contributed by atoms with Gasteiger partial charge in [0.25, 0.3) is 11.8 Å². The average molecular weight is 1350 g/mol. The summed E-state index contributed by atoms with van der Waals surface area (Å²) in [5.74, 6) is -5.93. The van der Waals surface area contributed by atoms with Gasteiger partial charge >= 0.3 is 18.0 Å². The SMILES string of the molecule is CNC(=O)C[C@@H]1NC(=O)c2csc(n2)-c2ccc(-c3nc(N(C/C=C/C(=O)O)C(=O)OC4CCC(C(=O)O)CC4)cs3)nc2-c2csc(n2)-c2csc(n2)[C@H]([C@@H](O)c2ccccc2)NC(=O)CNC(=O)c2nc(sc2COC)C(C(C)C)CC(=O)c2nc1sc2C. The van der Waals surface area contributed by atoms with E-state index in [9.17, 15) is 53.7 Å². The number of aliphatic carboxylic acids is 2. The zero-order valence-electron chi connectivity index (χ0n) is 49.4. The molecule has 0 spiro atoms. The van der Waals surface area contributed by atoms with E-state index in [-0.39, 0.29) is 66.3 Å². The number of pyridine rings is 1. The molecule has 31 heteroatoms. The van der Waals surface area contributed by atoms with Gasteiger partial charge in [0.1, 0.15) is 83.3 Å². The summed E-state index contributed by atoms with van der Waals surface area (Å²) >= 11 is 7.04. The van der Waals surface area contributed by atoms with Gasteiger partial charge in [0.15, 0.2) is 5.78 Å². The number of aromatic nitrogens is 7. The number of aryl methyl sites for hydroxylation is 1. The fraction of sp³-hybridized carbons (Fsp3) is 0.350. The lowest BCUT2D eigenvalue weighted by molar-refractivity contribution is -0.143. The summed E-state index contributed by atoms with van der Waals surface area (Å²) in [7, 11) is 2.94. The highest BCUT2D eigenvalue weighted by Crippen LogP contribution is 2.41. The Hall–Kier alpha value is -8.43.